The van der Waals surface area contributed by atoms with Crippen LogP contribution in [0.15, 0.2) is 12.7 Å². The molecule has 2 unspecified atom stereocenters. The molecule has 16 heavy (non-hydrogen) atoms. The number of carboxylic acid groups (broad SMARTS) is 1. The highest BCUT2D eigenvalue weighted by Gasteiger charge is 2.20. The molecular weight excluding hydrogens is 216 g/mol. The maximum Gasteiger partial charge on any atom is 0.309 e. The van der Waals surface area contributed by atoms with Gasteiger partial charge in [0.15, 0.2) is 11.9 Å². The fourth-order valence-corrected chi connectivity index (χ4v) is 0.867. The molecule has 0 aliphatic carbocycles. The molecule has 0 bridgehead atoms. The van der Waals surface area contributed by atoms with Crippen LogP contribution in [-0.2, 0) is 19.1 Å². The molecule has 0 aromatic carbocycles. The number of ketones is 1. The molecule has 0 radical (unpaired) electrons. The van der Waals surface area contributed by atoms with Crippen LogP contribution in [0.5, 0.6) is 0 Å². The molecule has 0 saturated carbocycles. The maximum absolute atomic E-state index is 11.2. The lowest BCUT2D eigenvalue weighted by molar-refractivity contribution is -0.155. The monoisotopic (exact) mass is 230 g/mol. The summed E-state index contributed by atoms with van der Waals surface area (Å²) in [6.07, 6.45) is -0.887. The van der Waals surface area contributed by atoms with Gasteiger partial charge in [0.2, 0.25) is 0 Å². The molecule has 0 heterocycles. The molecule has 90 valence electrons. The first kappa shape index (κ1) is 14.3. The van der Waals surface area contributed by atoms with Gasteiger partial charge in [-0.2, -0.15) is 0 Å². The maximum atomic E-state index is 11.2. The van der Waals surface area contributed by atoms with E-state index >= 15 is 0 Å². The number of carbonyl (C=O) groups is 3. The number of aliphatic hydroxyl groups excluding tert-OH is 1. The average molecular weight is 230 g/mol. The fraction of sp³-hybridized carbons (Fsp3) is 0.500. The Balaban J connectivity index is 4.02. The average Bonchev–Trinajstić information content (AvgIpc) is 2.23. The Morgan fingerprint density at radius 2 is 2.00 bits per heavy atom. The molecule has 0 rings (SSSR count). The molecule has 0 amide bonds. The first-order valence-electron chi connectivity index (χ1n) is 4.61. The molecule has 0 spiro atoms. The summed E-state index contributed by atoms with van der Waals surface area (Å²) < 4.78 is 4.57. The number of aliphatic hydroxyl groups is 1. The van der Waals surface area contributed by atoms with Crippen LogP contribution in [0.1, 0.15) is 13.3 Å². The summed E-state index contributed by atoms with van der Waals surface area (Å²) in [6.45, 7) is 4.05. The summed E-state index contributed by atoms with van der Waals surface area (Å²) in [4.78, 5) is 32.3. The van der Waals surface area contributed by atoms with Crippen LogP contribution in [0.4, 0.5) is 0 Å². The summed E-state index contributed by atoms with van der Waals surface area (Å²) in [7, 11) is 0. The minimum absolute atomic E-state index is 0.357. The normalized spacial score (nSPS) is 13.6. The van der Waals surface area contributed by atoms with Gasteiger partial charge in [0.1, 0.15) is 6.61 Å². The fourth-order valence-electron chi connectivity index (χ4n) is 0.867. The van der Waals surface area contributed by atoms with E-state index in [9.17, 15) is 14.4 Å². The predicted molar refractivity (Wildman–Crippen MR) is 53.6 cm³/mol. The molecule has 0 aliphatic rings. The minimum atomic E-state index is -1.45. The van der Waals surface area contributed by atoms with Crippen molar-refractivity contribution in [2.75, 3.05) is 6.61 Å². The largest absolute Gasteiger partial charge is 0.481 e. The molecule has 0 aromatic heterocycles. The highest BCUT2D eigenvalue weighted by atomic mass is 16.5. The van der Waals surface area contributed by atoms with Crippen LogP contribution in [0.3, 0.4) is 0 Å². The molecule has 2 N–H and O–H groups in total. The Labute approximate surface area is 92.5 Å². The van der Waals surface area contributed by atoms with Crippen molar-refractivity contribution in [3.63, 3.8) is 0 Å². The van der Waals surface area contributed by atoms with Gasteiger partial charge in [-0.1, -0.05) is 13.5 Å². The summed E-state index contributed by atoms with van der Waals surface area (Å²) in [5.74, 6) is -3.35. The first-order valence-corrected chi connectivity index (χ1v) is 4.61. The van der Waals surface area contributed by atoms with Crippen LogP contribution < -0.4 is 0 Å². The van der Waals surface area contributed by atoms with Crippen molar-refractivity contribution in [3.8, 4) is 0 Å². The topological polar surface area (TPSA) is 101 Å². The predicted octanol–water partition coefficient (Wildman–Crippen LogP) is -0.244. The van der Waals surface area contributed by atoms with E-state index < -0.39 is 36.4 Å². The third-order valence-electron chi connectivity index (χ3n) is 1.80. The summed E-state index contributed by atoms with van der Waals surface area (Å²) in [5.41, 5.74) is 0. The van der Waals surface area contributed by atoms with E-state index in [0.29, 0.717) is 0 Å². The molecule has 0 saturated heterocycles. The lowest BCUT2D eigenvalue weighted by atomic mass is 10.1. The Hall–Kier alpha value is -1.69. The highest BCUT2D eigenvalue weighted by Crippen LogP contribution is 2.05. The van der Waals surface area contributed by atoms with E-state index in [1.807, 2.05) is 0 Å². The third kappa shape index (κ3) is 5.26. The zero-order valence-corrected chi connectivity index (χ0v) is 8.88. The van der Waals surface area contributed by atoms with Gasteiger partial charge >= 0.3 is 11.9 Å². The van der Waals surface area contributed by atoms with Gasteiger partial charge in [0, 0.05) is 0 Å². The molecule has 6 nitrogen and oxygen atoms in total. The van der Waals surface area contributed by atoms with Gasteiger partial charge in [0.05, 0.1) is 12.3 Å². The van der Waals surface area contributed by atoms with E-state index in [1.54, 1.807) is 0 Å². The van der Waals surface area contributed by atoms with Crippen molar-refractivity contribution in [2.24, 2.45) is 5.92 Å². The molecule has 0 aliphatic heterocycles. The lowest BCUT2D eigenvalue weighted by Gasteiger charge is -2.11. The number of carbonyl (C=O) groups excluding carboxylic acids is 2. The Bertz CT molecular complexity index is 296. The smallest absolute Gasteiger partial charge is 0.309 e. The van der Waals surface area contributed by atoms with E-state index in [0.717, 1.165) is 6.08 Å². The van der Waals surface area contributed by atoms with Crippen LogP contribution in [0, 0.1) is 5.92 Å². The van der Waals surface area contributed by atoms with Crippen molar-refractivity contribution < 1.29 is 29.3 Å². The quantitative estimate of drug-likeness (QED) is 0.462. The summed E-state index contributed by atoms with van der Waals surface area (Å²) in [5, 5.41) is 17.5. The standard InChI is InChI=1S/C10H14O6/c1-3-7(11)8(12)5-16-10(15)6(2)4-9(13)14/h3,6,8,12H,1,4-5H2,2H3,(H,13,14). The zero-order chi connectivity index (χ0) is 12.7. The van der Waals surface area contributed by atoms with E-state index in [1.165, 1.54) is 6.92 Å². The van der Waals surface area contributed by atoms with Gasteiger partial charge < -0.3 is 14.9 Å². The van der Waals surface area contributed by atoms with Crippen molar-refractivity contribution in [1.82, 2.24) is 0 Å². The Kier molecular flexibility index (Phi) is 6.02. The number of ether oxygens (including phenoxy) is 1. The van der Waals surface area contributed by atoms with Crippen molar-refractivity contribution in [1.29, 1.82) is 0 Å². The number of hydrogen-bond donors (Lipinski definition) is 2. The van der Waals surface area contributed by atoms with E-state index in [4.69, 9.17) is 10.2 Å². The molecule has 6 heteroatoms. The number of aliphatic carboxylic acids is 1. The third-order valence-corrected chi connectivity index (χ3v) is 1.80. The molecule has 0 aromatic rings. The lowest BCUT2D eigenvalue weighted by Crippen LogP contribution is -2.28. The second kappa shape index (κ2) is 6.73. The summed E-state index contributed by atoms with van der Waals surface area (Å²) >= 11 is 0. The first-order chi connectivity index (χ1) is 7.38. The van der Waals surface area contributed by atoms with Crippen LogP contribution in [-0.4, -0.2) is 40.6 Å². The van der Waals surface area contributed by atoms with E-state index in [2.05, 4.69) is 11.3 Å². The number of esters is 1. The second-order valence-corrected chi connectivity index (χ2v) is 3.25. The van der Waals surface area contributed by atoms with Crippen molar-refractivity contribution >= 4 is 17.7 Å². The molecule has 0 fully saturated rings. The Morgan fingerprint density at radius 1 is 1.44 bits per heavy atom. The number of rotatable bonds is 7. The number of carboxylic acids is 1. The van der Waals surface area contributed by atoms with Gasteiger partial charge in [-0.15, -0.1) is 0 Å². The van der Waals surface area contributed by atoms with Crippen LogP contribution in [0.2, 0.25) is 0 Å². The number of hydrogen-bond acceptors (Lipinski definition) is 5. The van der Waals surface area contributed by atoms with Gasteiger partial charge in [-0.3, -0.25) is 14.4 Å². The molecular formula is C10H14O6. The van der Waals surface area contributed by atoms with Crippen molar-refractivity contribution in [2.45, 2.75) is 19.4 Å². The van der Waals surface area contributed by atoms with Gasteiger partial charge in [-0.25, -0.2) is 0 Å². The highest BCUT2D eigenvalue weighted by molar-refractivity contribution is 5.93. The Morgan fingerprint density at radius 3 is 2.44 bits per heavy atom. The summed E-state index contributed by atoms with van der Waals surface area (Å²) in [6, 6.07) is 0. The van der Waals surface area contributed by atoms with Crippen LogP contribution in [0.25, 0.3) is 0 Å². The minimum Gasteiger partial charge on any atom is -0.481 e. The van der Waals surface area contributed by atoms with Gasteiger partial charge in [0.25, 0.3) is 0 Å². The molecule has 2 atom stereocenters. The van der Waals surface area contributed by atoms with Crippen LogP contribution >= 0.6 is 0 Å². The second-order valence-electron chi connectivity index (χ2n) is 3.25. The van der Waals surface area contributed by atoms with Crippen molar-refractivity contribution in [3.05, 3.63) is 12.7 Å². The van der Waals surface area contributed by atoms with E-state index in [-0.39, 0.29) is 6.42 Å². The van der Waals surface area contributed by atoms with Gasteiger partial charge in [-0.05, 0) is 6.08 Å². The SMILES string of the molecule is C=CC(=O)C(O)COC(=O)C(C)CC(=O)O. The zero-order valence-electron chi connectivity index (χ0n) is 8.88.